The Morgan fingerprint density at radius 3 is 1.65 bits per heavy atom. The molecule has 0 saturated carbocycles. The normalized spacial score (nSPS) is 16.4. The van der Waals surface area contributed by atoms with Crippen LogP contribution in [0.2, 0.25) is 39.3 Å². The van der Waals surface area contributed by atoms with Crippen LogP contribution in [0.25, 0.3) is 0 Å². The average molecular weight is 341 g/mol. The van der Waals surface area contributed by atoms with Crippen molar-refractivity contribution in [3.63, 3.8) is 0 Å². The van der Waals surface area contributed by atoms with Crippen LogP contribution < -0.4 is 0 Å². The molecule has 0 aliphatic heterocycles. The van der Waals surface area contributed by atoms with E-state index in [0.717, 1.165) is 12.8 Å². The summed E-state index contributed by atoms with van der Waals surface area (Å²) in [5.41, 5.74) is 0. The number of hydrogen-bond acceptors (Lipinski definition) is 5. The van der Waals surface area contributed by atoms with Crippen molar-refractivity contribution in [1.29, 1.82) is 0 Å². The molecule has 0 aromatic rings. The van der Waals surface area contributed by atoms with Crippen molar-refractivity contribution in [1.82, 2.24) is 0 Å². The molecular weight excluding hydrogens is 308 g/mol. The van der Waals surface area contributed by atoms with Crippen LogP contribution in [0, 0.1) is 0 Å². The van der Waals surface area contributed by atoms with Gasteiger partial charge in [0.25, 0.3) is 0 Å². The van der Waals surface area contributed by atoms with Gasteiger partial charge in [0.1, 0.15) is 22.7 Å². The molecule has 0 saturated heterocycles. The van der Waals surface area contributed by atoms with Gasteiger partial charge in [0, 0.05) is 0 Å². The first kappa shape index (κ1) is 20.5. The first-order valence-electron chi connectivity index (χ1n) is 7.27. The van der Waals surface area contributed by atoms with Crippen LogP contribution in [0.15, 0.2) is 0 Å². The van der Waals surface area contributed by atoms with Gasteiger partial charge in [-0.3, -0.25) is 9.15 Å². The summed E-state index contributed by atoms with van der Waals surface area (Å²) in [5.74, 6) is 0. The quantitative estimate of drug-likeness (QED) is 0.328. The van der Waals surface area contributed by atoms with Gasteiger partial charge in [0.15, 0.2) is 0 Å². The van der Waals surface area contributed by atoms with Crippen molar-refractivity contribution >= 4 is 27.1 Å². The number of rotatable bonds is 11. The molecule has 0 radical (unpaired) electrons. The summed E-state index contributed by atoms with van der Waals surface area (Å²) < 4.78 is 16.5. The van der Waals surface area contributed by atoms with Crippen LogP contribution in [0.4, 0.5) is 0 Å². The standard InChI is InChI=1S/C12H32O5Si3/c1-8-9-11(14-16-19(2,3)4)12(10-13-18)15-17-20(5,6)7/h11-12H,8-10H2,1-7,18H3. The van der Waals surface area contributed by atoms with E-state index in [1.54, 1.807) is 0 Å². The Bertz CT molecular complexity index is 226. The van der Waals surface area contributed by atoms with Gasteiger partial charge in [-0.1, -0.05) is 13.3 Å². The smallest absolute Gasteiger partial charge is 0.230 e. The van der Waals surface area contributed by atoms with E-state index in [2.05, 4.69) is 46.2 Å². The van der Waals surface area contributed by atoms with Gasteiger partial charge < -0.3 is 4.43 Å². The topological polar surface area (TPSA) is 46.2 Å². The van der Waals surface area contributed by atoms with Gasteiger partial charge in [-0.05, 0) is 45.7 Å². The molecule has 2 unspecified atom stereocenters. The molecule has 0 amide bonds. The van der Waals surface area contributed by atoms with Gasteiger partial charge in [-0.15, -0.1) is 0 Å². The van der Waals surface area contributed by atoms with Gasteiger partial charge >= 0.3 is 0 Å². The van der Waals surface area contributed by atoms with E-state index >= 15 is 0 Å². The monoisotopic (exact) mass is 340 g/mol. The highest BCUT2D eigenvalue weighted by atomic mass is 28.4. The minimum Gasteiger partial charge on any atom is -0.425 e. The van der Waals surface area contributed by atoms with E-state index in [9.17, 15) is 0 Å². The Balaban J connectivity index is 4.58. The fraction of sp³-hybridized carbons (Fsp3) is 1.00. The molecule has 0 spiro atoms. The summed E-state index contributed by atoms with van der Waals surface area (Å²) in [4.78, 5) is 11.2. The molecule has 2 atom stereocenters. The summed E-state index contributed by atoms with van der Waals surface area (Å²) in [6.45, 7) is 15.1. The Labute approximate surface area is 128 Å². The molecule has 0 fully saturated rings. The highest BCUT2D eigenvalue weighted by molar-refractivity contribution is 6.69. The van der Waals surface area contributed by atoms with Gasteiger partial charge in [0.05, 0.1) is 6.61 Å². The molecule has 8 heteroatoms. The lowest BCUT2D eigenvalue weighted by Gasteiger charge is -2.29. The molecule has 0 aliphatic carbocycles. The highest BCUT2D eigenvalue weighted by Gasteiger charge is 2.29. The van der Waals surface area contributed by atoms with Crippen LogP contribution in [-0.4, -0.2) is 45.9 Å². The van der Waals surface area contributed by atoms with Crippen molar-refractivity contribution in [3.05, 3.63) is 0 Å². The van der Waals surface area contributed by atoms with Crippen LogP contribution in [0.3, 0.4) is 0 Å². The molecule has 122 valence electrons. The lowest BCUT2D eigenvalue weighted by atomic mass is 10.1. The molecule has 0 N–H and O–H groups in total. The van der Waals surface area contributed by atoms with E-state index in [-0.39, 0.29) is 12.2 Å². The lowest BCUT2D eigenvalue weighted by Crippen LogP contribution is -2.41. The van der Waals surface area contributed by atoms with Gasteiger partial charge in [-0.25, -0.2) is 9.78 Å². The maximum atomic E-state index is 5.63. The molecule has 20 heavy (non-hydrogen) atoms. The Kier molecular flexibility index (Phi) is 9.68. The van der Waals surface area contributed by atoms with E-state index in [0.29, 0.717) is 17.1 Å². The first-order valence-corrected chi connectivity index (χ1v) is 14.9. The van der Waals surface area contributed by atoms with Crippen LogP contribution in [0.1, 0.15) is 19.8 Å². The van der Waals surface area contributed by atoms with Gasteiger partial charge in [-0.2, -0.15) is 0 Å². The lowest BCUT2D eigenvalue weighted by molar-refractivity contribution is -0.337. The number of hydrogen-bond donors (Lipinski definition) is 0. The molecule has 5 nitrogen and oxygen atoms in total. The van der Waals surface area contributed by atoms with E-state index in [1.165, 1.54) is 0 Å². The maximum absolute atomic E-state index is 5.63. The van der Waals surface area contributed by atoms with Crippen molar-refractivity contribution in [2.75, 3.05) is 6.61 Å². The second-order valence-corrected chi connectivity index (χ2v) is 16.3. The third-order valence-corrected chi connectivity index (χ3v) is 3.69. The summed E-state index contributed by atoms with van der Waals surface area (Å²) in [5, 5.41) is 0. The summed E-state index contributed by atoms with van der Waals surface area (Å²) in [6, 6.07) is 0. The van der Waals surface area contributed by atoms with Gasteiger partial charge in [0.2, 0.25) is 16.6 Å². The third-order valence-electron chi connectivity index (χ3n) is 2.16. The van der Waals surface area contributed by atoms with Crippen LogP contribution >= 0.6 is 0 Å². The average Bonchev–Trinajstić information content (AvgIpc) is 2.28. The minimum absolute atomic E-state index is 0.156. The van der Waals surface area contributed by atoms with E-state index in [1.807, 2.05) is 0 Å². The molecule has 0 rings (SSSR count). The molecular formula is C12H32O5Si3. The fourth-order valence-corrected chi connectivity index (χ4v) is 2.51. The second kappa shape index (κ2) is 9.46. The first-order chi connectivity index (χ1) is 9.09. The third kappa shape index (κ3) is 11.1. The zero-order valence-electron chi connectivity index (χ0n) is 14.3. The predicted octanol–water partition coefficient (Wildman–Crippen LogP) is 2.39. The van der Waals surface area contributed by atoms with Crippen molar-refractivity contribution in [2.45, 2.75) is 71.3 Å². The zero-order chi connectivity index (χ0) is 15.8. The van der Waals surface area contributed by atoms with E-state index in [4.69, 9.17) is 23.4 Å². The van der Waals surface area contributed by atoms with E-state index < -0.39 is 16.6 Å². The summed E-state index contributed by atoms with van der Waals surface area (Å²) >= 11 is 0. The Hall–Kier alpha value is 0.451. The van der Waals surface area contributed by atoms with Crippen molar-refractivity contribution < 1.29 is 23.4 Å². The van der Waals surface area contributed by atoms with Crippen LogP contribution in [0.5, 0.6) is 0 Å². The van der Waals surface area contributed by atoms with Crippen LogP contribution in [-0.2, 0) is 23.4 Å². The Morgan fingerprint density at radius 2 is 1.30 bits per heavy atom. The molecule has 0 aliphatic rings. The second-order valence-electron chi connectivity index (χ2n) is 6.90. The maximum Gasteiger partial charge on any atom is 0.230 e. The molecule has 0 heterocycles. The summed E-state index contributed by atoms with van der Waals surface area (Å²) in [6.07, 6.45) is 1.45. The molecule has 0 aromatic heterocycles. The highest BCUT2D eigenvalue weighted by Crippen LogP contribution is 2.17. The fourth-order valence-electron chi connectivity index (χ4n) is 1.35. The van der Waals surface area contributed by atoms with Crippen molar-refractivity contribution in [3.8, 4) is 0 Å². The zero-order valence-corrected chi connectivity index (χ0v) is 18.3. The molecule has 0 bridgehead atoms. The SMILES string of the molecule is CCCC(OO[Si](C)(C)C)C(CO[SiH3])OO[Si](C)(C)C. The summed E-state index contributed by atoms with van der Waals surface area (Å²) in [7, 11) is -2.78. The van der Waals surface area contributed by atoms with Crippen molar-refractivity contribution in [2.24, 2.45) is 0 Å². The largest absolute Gasteiger partial charge is 0.425 e. The molecule has 0 aromatic carbocycles. The predicted molar refractivity (Wildman–Crippen MR) is 89.4 cm³/mol. The minimum atomic E-state index is -1.73. The Morgan fingerprint density at radius 1 is 0.850 bits per heavy atom.